The molecule has 0 aliphatic heterocycles. The highest BCUT2D eigenvalue weighted by Crippen LogP contribution is 2.29. The van der Waals surface area contributed by atoms with Crippen LogP contribution in [0.4, 0.5) is 4.39 Å². The fourth-order valence-electron chi connectivity index (χ4n) is 2.46. The van der Waals surface area contributed by atoms with E-state index in [4.69, 9.17) is 4.52 Å². The van der Waals surface area contributed by atoms with Crippen LogP contribution >= 0.6 is 23.1 Å². The summed E-state index contributed by atoms with van der Waals surface area (Å²) in [7, 11) is 0. The van der Waals surface area contributed by atoms with Gasteiger partial charge in [0.05, 0.1) is 28.1 Å². The molecule has 2 heterocycles. The Hall–Kier alpha value is -2.71. The summed E-state index contributed by atoms with van der Waals surface area (Å²) in [4.78, 5) is 16.5. The first-order chi connectivity index (χ1) is 13.2. The molecule has 0 saturated heterocycles. The molecule has 5 nitrogen and oxygen atoms in total. The number of amides is 1. The Bertz CT molecular complexity index is 1060. The van der Waals surface area contributed by atoms with Gasteiger partial charge in [0.1, 0.15) is 11.5 Å². The molecule has 0 spiro atoms. The third-order valence-electron chi connectivity index (χ3n) is 3.77. The van der Waals surface area contributed by atoms with Crippen molar-refractivity contribution in [1.29, 1.82) is 0 Å². The van der Waals surface area contributed by atoms with Crippen LogP contribution in [0.1, 0.15) is 5.69 Å². The molecule has 4 aromatic rings. The predicted molar refractivity (Wildman–Crippen MR) is 104 cm³/mol. The van der Waals surface area contributed by atoms with Crippen LogP contribution in [0.5, 0.6) is 0 Å². The summed E-state index contributed by atoms with van der Waals surface area (Å²) in [6.07, 6.45) is 0. The van der Waals surface area contributed by atoms with E-state index in [0.29, 0.717) is 17.0 Å². The van der Waals surface area contributed by atoms with Crippen LogP contribution in [0.3, 0.4) is 0 Å². The number of nitrogens with one attached hydrogen (secondary N) is 1. The molecule has 27 heavy (non-hydrogen) atoms. The molecule has 2 aromatic heterocycles. The number of thiazole rings is 1. The van der Waals surface area contributed by atoms with Gasteiger partial charge in [-0.1, -0.05) is 41.2 Å². The smallest absolute Gasteiger partial charge is 0.230 e. The Morgan fingerprint density at radius 1 is 1.19 bits per heavy atom. The molecule has 136 valence electrons. The molecular formula is C19H14FN3O2S2. The summed E-state index contributed by atoms with van der Waals surface area (Å²) >= 11 is 2.96. The van der Waals surface area contributed by atoms with Crippen molar-refractivity contribution in [2.45, 2.75) is 10.9 Å². The SMILES string of the molecule is O=C(CSc1nc2ccccc2s1)NCc1cc(-c2ccccc2F)on1. The van der Waals surface area contributed by atoms with Gasteiger partial charge in [-0.3, -0.25) is 4.79 Å². The van der Waals surface area contributed by atoms with E-state index in [2.05, 4.69) is 15.5 Å². The quantitative estimate of drug-likeness (QED) is 0.484. The van der Waals surface area contributed by atoms with Gasteiger partial charge in [-0.05, 0) is 24.3 Å². The third-order valence-corrected chi connectivity index (χ3v) is 5.95. The van der Waals surface area contributed by atoms with E-state index < -0.39 is 0 Å². The van der Waals surface area contributed by atoms with E-state index in [0.717, 1.165) is 14.6 Å². The number of halogens is 1. The highest BCUT2D eigenvalue weighted by atomic mass is 32.2. The Kier molecular flexibility index (Phi) is 5.17. The third kappa shape index (κ3) is 4.17. The number of aromatic nitrogens is 2. The number of thioether (sulfide) groups is 1. The van der Waals surface area contributed by atoms with Gasteiger partial charge < -0.3 is 9.84 Å². The minimum absolute atomic E-state index is 0.130. The van der Waals surface area contributed by atoms with Gasteiger partial charge in [-0.15, -0.1) is 11.3 Å². The number of benzene rings is 2. The number of rotatable bonds is 6. The van der Waals surface area contributed by atoms with Crippen molar-refractivity contribution in [2.24, 2.45) is 0 Å². The minimum atomic E-state index is -0.378. The summed E-state index contributed by atoms with van der Waals surface area (Å²) in [5, 5.41) is 6.66. The fourth-order valence-corrected chi connectivity index (χ4v) is 4.36. The summed E-state index contributed by atoms with van der Waals surface area (Å²) in [6.45, 7) is 0.219. The Morgan fingerprint density at radius 3 is 2.85 bits per heavy atom. The second-order valence-corrected chi connectivity index (χ2v) is 7.93. The summed E-state index contributed by atoms with van der Waals surface area (Å²) in [5.74, 6) is 0.0880. The van der Waals surface area contributed by atoms with Gasteiger partial charge in [-0.25, -0.2) is 9.37 Å². The van der Waals surface area contributed by atoms with Crippen molar-refractivity contribution in [3.8, 4) is 11.3 Å². The normalized spacial score (nSPS) is 11.0. The second-order valence-electron chi connectivity index (χ2n) is 5.68. The number of para-hydroxylation sites is 1. The molecule has 0 unspecified atom stereocenters. The molecule has 0 bridgehead atoms. The van der Waals surface area contributed by atoms with E-state index >= 15 is 0 Å². The molecule has 8 heteroatoms. The zero-order valence-electron chi connectivity index (χ0n) is 14.0. The van der Waals surface area contributed by atoms with Crippen LogP contribution in [0.25, 0.3) is 21.5 Å². The highest BCUT2D eigenvalue weighted by Gasteiger charge is 2.12. The van der Waals surface area contributed by atoms with Crippen LogP contribution < -0.4 is 5.32 Å². The number of carbonyl (C=O) groups excluding carboxylic acids is 1. The lowest BCUT2D eigenvalue weighted by molar-refractivity contribution is -0.118. The molecule has 0 aliphatic rings. The van der Waals surface area contributed by atoms with Gasteiger partial charge in [0.2, 0.25) is 5.91 Å². The Labute approximate surface area is 162 Å². The number of fused-ring (bicyclic) bond motifs is 1. The van der Waals surface area contributed by atoms with Crippen molar-refractivity contribution in [3.63, 3.8) is 0 Å². The van der Waals surface area contributed by atoms with Gasteiger partial charge in [0.25, 0.3) is 0 Å². The first-order valence-electron chi connectivity index (χ1n) is 8.14. The van der Waals surface area contributed by atoms with E-state index in [1.54, 1.807) is 35.6 Å². The highest BCUT2D eigenvalue weighted by molar-refractivity contribution is 8.01. The van der Waals surface area contributed by atoms with E-state index in [1.807, 2.05) is 24.3 Å². The largest absolute Gasteiger partial charge is 0.356 e. The topological polar surface area (TPSA) is 68.0 Å². The van der Waals surface area contributed by atoms with Crippen molar-refractivity contribution in [2.75, 3.05) is 5.75 Å². The molecule has 0 radical (unpaired) electrons. The van der Waals surface area contributed by atoms with Crippen molar-refractivity contribution in [1.82, 2.24) is 15.5 Å². The van der Waals surface area contributed by atoms with Crippen molar-refractivity contribution >= 4 is 39.2 Å². The zero-order chi connectivity index (χ0) is 18.6. The van der Waals surface area contributed by atoms with Gasteiger partial charge >= 0.3 is 0 Å². The van der Waals surface area contributed by atoms with Crippen molar-refractivity contribution in [3.05, 3.63) is 66.1 Å². The maximum atomic E-state index is 13.8. The average Bonchev–Trinajstić information content (AvgIpc) is 3.31. The second kappa shape index (κ2) is 7.89. The maximum absolute atomic E-state index is 13.8. The standard InChI is InChI=1S/C19H14FN3O2S2/c20-14-6-2-1-5-13(14)16-9-12(23-25-16)10-21-18(24)11-26-19-22-15-7-3-4-8-17(15)27-19/h1-9H,10-11H2,(H,21,24). The van der Waals surface area contributed by atoms with Gasteiger partial charge in [0.15, 0.2) is 10.1 Å². The van der Waals surface area contributed by atoms with Crippen LogP contribution in [0, 0.1) is 5.82 Å². The molecule has 0 aliphatic carbocycles. The van der Waals surface area contributed by atoms with Crippen LogP contribution in [0.15, 0.2) is 63.5 Å². The van der Waals surface area contributed by atoms with Gasteiger partial charge in [0, 0.05) is 6.07 Å². The molecule has 4 rings (SSSR count). The number of carbonyl (C=O) groups is 1. The lowest BCUT2D eigenvalue weighted by Gasteiger charge is -2.00. The molecule has 0 fully saturated rings. The van der Waals surface area contributed by atoms with Crippen molar-refractivity contribution < 1.29 is 13.7 Å². The molecular weight excluding hydrogens is 385 g/mol. The zero-order valence-corrected chi connectivity index (χ0v) is 15.6. The number of hydrogen-bond acceptors (Lipinski definition) is 6. The fraction of sp³-hybridized carbons (Fsp3) is 0.105. The first-order valence-corrected chi connectivity index (χ1v) is 9.95. The maximum Gasteiger partial charge on any atom is 0.230 e. The Balaban J connectivity index is 1.31. The van der Waals surface area contributed by atoms with Crippen LogP contribution in [-0.2, 0) is 11.3 Å². The van der Waals surface area contributed by atoms with E-state index in [-0.39, 0.29) is 24.0 Å². The lowest BCUT2D eigenvalue weighted by Crippen LogP contribution is -2.24. The van der Waals surface area contributed by atoms with Crippen LogP contribution in [-0.4, -0.2) is 21.8 Å². The molecule has 0 saturated carbocycles. The summed E-state index contributed by atoms with van der Waals surface area (Å²) < 4.78 is 20.9. The van der Waals surface area contributed by atoms with E-state index in [9.17, 15) is 9.18 Å². The first kappa shape index (κ1) is 17.7. The average molecular weight is 399 g/mol. The molecule has 0 atom stereocenters. The van der Waals surface area contributed by atoms with E-state index in [1.165, 1.54) is 17.8 Å². The molecule has 1 N–H and O–H groups in total. The van der Waals surface area contributed by atoms with Gasteiger partial charge in [-0.2, -0.15) is 0 Å². The summed E-state index contributed by atoms with van der Waals surface area (Å²) in [5.41, 5.74) is 1.81. The Morgan fingerprint density at radius 2 is 2.00 bits per heavy atom. The predicted octanol–water partition coefficient (Wildman–Crippen LogP) is 4.50. The number of hydrogen-bond donors (Lipinski definition) is 1. The lowest BCUT2D eigenvalue weighted by atomic mass is 10.1. The molecule has 1 amide bonds. The minimum Gasteiger partial charge on any atom is -0.356 e. The molecule has 2 aromatic carbocycles. The number of nitrogens with zero attached hydrogens (tertiary/aromatic N) is 2. The van der Waals surface area contributed by atoms with Crippen LogP contribution in [0.2, 0.25) is 0 Å². The summed E-state index contributed by atoms with van der Waals surface area (Å²) in [6, 6.07) is 15.8. The monoisotopic (exact) mass is 399 g/mol.